The van der Waals surface area contributed by atoms with Crippen LogP contribution < -0.4 is 0 Å². The minimum absolute atomic E-state index is 0.0488. The fourth-order valence-corrected chi connectivity index (χ4v) is 2.85. The minimum atomic E-state index is -1.53. The molecule has 1 atom stereocenters. The summed E-state index contributed by atoms with van der Waals surface area (Å²) in [6.07, 6.45) is -1.53. The molecule has 146 valence electrons. The van der Waals surface area contributed by atoms with Gasteiger partial charge in [0.25, 0.3) is 0 Å². The van der Waals surface area contributed by atoms with Crippen LogP contribution in [0.15, 0.2) is 12.1 Å². The Kier molecular flexibility index (Phi) is 8.36. The van der Waals surface area contributed by atoms with Crippen LogP contribution in [0.4, 0.5) is 8.78 Å². The first-order valence-corrected chi connectivity index (χ1v) is 12.3. The highest BCUT2D eigenvalue weighted by Gasteiger charge is 2.30. The van der Waals surface area contributed by atoms with Crippen molar-refractivity contribution in [2.75, 3.05) is 19.8 Å². The summed E-state index contributed by atoms with van der Waals surface area (Å²) in [5.74, 6) is -3.82. The molecule has 0 saturated carbocycles. The van der Waals surface area contributed by atoms with Crippen molar-refractivity contribution in [3.63, 3.8) is 0 Å². The molecular formula is C18H26F2O5Si. The second kappa shape index (κ2) is 9.77. The molecule has 0 aliphatic carbocycles. The summed E-state index contributed by atoms with van der Waals surface area (Å²) in [5, 5.41) is 0. The van der Waals surface area contributed by atoms with E-state index in [4.69, 9.17) is 14.2 Å². The van der Waals surface area contributed by atoms with Crippen LogP contribution in [0.1, 0.15) is 35.9 Å². The molecule has 0 spiro atoms. The highest BCUT2D eigenvalue weighted by molar-refractivity contribution is 6.76. The molecule has 1 unspecified atom stereocenters. The smallest absolute Gasteiger partial charge is 0.340 e. The fraction of sp³-hybridized carbons (Fsp3) is 0.556. The third-order valence-corrected chi connectivity index (χ3v) is 5.20. The maximum atomic E-state index is 14.4. The minimum Gasteiger partial charge on any atom is -0.464 e. The number of carbonyl (C=O) groups is 2. The standard InChI is InChI=1S/C18H26F2O5Si/c1-6-23-16(18(22)24-7-2)15-13(19)10-12(11-14(15)20)17(21)25-8-9-26(3,4)5/h10-11,16H,6-9H2,1-5H3. The molecule has 8 heteroatoms. The quantitative estimate of drug-likeness (QED) is 0.471. The van der Waals surface area contributed by atoms with Crippen LogP contribution in [-0.4, -0.2) is 39.8 Å². The molecular weight excluding hydrogens is 362 g/mol. The van der Waals surface area contributed by atoms with Crippen LogP contribution in [0.25, 0.3) is 0 Å². The molecule has 1 aromatic rings. The molecule has 1 rings (SSSR count). The predicted octanol–water partition coefficient (Wildman–Crippen LogP) is 4.10. The molecule has 0 fully saturated rings. The van der Waals surface area contributed by atoms with Crippen LogP contribution in [-0.2, 0) is 19.0 Å². The van der Waals surface area contributed by atoms with E-state index in [1.54, 1.807) is 13.8 Å². The van der Waals surface area contributed by atoms with Crippen molar-refractivity contribution in [1.82, 2.24) is 0 Å². The summed E-state index contributed by atoms with van der Waals surface area (Å²) < 4.78 is 43.9. The Balaban J connectivity index is 3.02. The van der Waals surface area contributed by atoms with Crippen LogP contribution in [0.3, 0.4) is 0 Å². The van der Waals surface area contributed by atoms with Crippen molar-refractivity contribution < 1.29 is 32.6 Å². The topological polar surface area (TPSA) is 61.8 Å². The van der Waals surface area contributed by atoms with Gasteiger partial charge in [-0.15, -0.1) is 0 Å². The highest BCUT2D eigenvalue weighted by Crippen LogP contribution is 2.27. The van der Waals surface area contributed by atoms with Gasteiger partial charge in [-0.2, -0.15) is 0 Å². The number of hydrogen-bond donors (Lipinski definition) is 0. The molecule has 0 saturated heterocycles. The summed E-state index contributed by atoms with van der Waals surface area (Å²) in [5.41, 5.74) is -0.831. The summed E-state index contributed by atoms with van der Waals surface area (Å²) >= 11 is 0. The molecule has 0 aromatic heterocycles. The number of hydrogen-bond acceptors (Lipinski definition) is 5. The van der Waals surface area contributed by atoms with Crippen molar-refractivity contribution in [3.05, 3.63) is 34.9 Å². The van der Waals surface area contributed by atoms with Gasteiger partial charge >= 0.3 is 11.9 Å². The van der Waals surface area contributed by atoms with E-state index in [2.05, 4.69) is 19.6 Å². The molecule has 0 aliphatic heterocycles. The highest BCUT2D eigenvalue weighted by atomic mass is 28.3. The van der Waals surface area contributed by atoms with E-state index in [-0.39, 0.29) is 25.4 Å². The van der Waals surface area contributed by atoms with Crippen LogP contribution in [0.5, 0.6) is 0 Å². The molecule has 5 nitrogen and oxygen atoms in total. The van der Waals surface area contributed by atoms with Crippen molar-refractivity contribution in [2.45, 2.75) is 45.6 Å². The maximum absolute atomic E-state index is 14.4. The summed E-state index contributed by atoms with van der Waals surface area (Å²) in [6.45, 7) is 9.84. The summed E-state index contributed by atoms with van der Waals surface area (Å²) in [6, 6.07) is 2.44. The SMILES string of the molecule is CCOC(=O)C(OCC)c1c(F)cc(C(=O)OCC[Si](C)(C)C)cc1F. The Hall–Kier alpha value is -1.80. The van der Waals surface area contributed by atoms with Gasteiger partial charge in [-0.3, -0.25) is 0 Å². The van der Waals surface area contributed by atoms with Gasteiger partial charge < -0.3 is 14.2 Å². The molecule has 0 heterocycles. The lowest BCUT2D eigenvalue weighted by atomic mass is 10.0. The van der Waals surface area contributed by atoms with E-state index in [1.807, 2.05) is 0 Å². The number of esters is 2. The zero-order valence-corrected chi connectivity index (χ0v) is 16.9. The van der Waals surface area contributed by atoms with Gasteiger partial charge in [-0.05, 0) is 32.0 Å². The number of rotatable bonds is 9. The summed E-state index contributed by atoms with van der Waals surface area (Å²) in [4.78, 5) is 23.9. The average molecular weight is 388 g/mol. The van der Waals surface area contributed by atoms with Gasteiger partial charge in [-0.1, -0.05) is 19.6 Å². The molecule has 0 bridgehead atoms. The number of halogens is 2. The normalized spacial score (nSPS) is 12.6. The Bertz CT molecular complexity index is 620. The number of carbonyl (C=O) groups excluding carboxylic acids is 2. The number of benzene rings is 1. The maximum Gasteiger partial charge on any atom is 0.340 e. The van der Waals surface area contributed by atoms with Crippen molar-refractivity contribution in [1.29, 1.82) is 0 Å². The third-order valence-electron chi connectivity index (χ3n) is 3.50. The largest absolute Gasteiger partial charge is 0.464 e. The van der Waals surface area contributed by atoms with Crippen molar-refractivity contribution in [3.8, 4) is 0 Å². The Morgan fingerprint density at radius 1 is 1.04 bits per heavy atom. The Labute approximate surface area is 153 Å². The van der Waals surface area contributed by atoms with E-state index >= 15 is 0 Å². The van der Waals surface area contributed by atoms with Gasteiger partial charge in [0.05, 0.1) is 24.3 Å². The predicted molar refractivity (Wildman–Crippen MR) is 95.8 cm³/mol. The Morgan fingerprint density at radius 2 is 1.62 bits per heavy atom. The average Bonchev–Trinajstić information content (AvgIpc) is 2.52. The summed E-state index contributed by atoms with van der Waals surface area (Å²) in [7, 11) is -1.39. The molecule has 0 radical (unpaired) electrons. The van der Waals surface area contributed by atoms with Gasteiger partial charge in [0.15, 0.2) is 6.10 Å². The van der Waals surface area contributed by atoms with E-state index in [0.29, 0.717) is 0 Å². The first-order valence-electron chi connectivity index (χ1n) is 8.55. The second-order valence-electron chi connectivity index (χ2n) is 6.89. The van der Waals surface area contributed by atoms with E-state index < -0.39 is 43.3 Å². The van der Waals surface area contributed by atoms with Crippen molar-refractivity contribution >= 4 is 20.0 Å². The second-order valence-corrected chi connectivity index (χ2v) is 12.5. The lowest BCUT2D eigenvalue weighted by Crippen LogP contribution is -2.23. The zero-order chi connectivity index (χ0) is 19.9. The lowest BCUT2D eigenvalue weighted by Gasteiger charge is -2.18. The first kappa shape index (κ1) is 22.2. The molecule has 1 aromatic carbocycles. The van der Waals surface area contributed by atoms with Crippen molar-refractivity contribution in [2.24, 2.45) is 0 Å². The molecule has 26 heavy (non-hydrogen) atoms. The lowest BCUT2D eigenvalue weighted by molar-refractivity contribution is -0.157. The monoisotopic (exact) mass is 388 g/mol. The Morgan fingerprint density at radius 3 is 2.08 bits per heavy atom. The van der Waals surface area contributed by atoms with Gasteiger partial charge in [0, 0.05) is 14.7 Å². The third kappa shape index (κ3) is 6.49. The van der Waals surface area contributed by atoms with E-state index in [1.165, 1.54) is 0 Å². The van der Waals surface area contributed by atoms with Crippen LogP contribution >= 0.6 is 0 Å². The fourth-order valence-electron chi connectivity index (χ4n) is 2.14. The van der Waals surface area contributed by atoms with Gasteiger partial charge in [0.1, 0.15) is 11.6 Å². The first-order chi connectivity index (χ1) is 12.1. The van der Waals surface area contributed by atoms with E-state index in [0.717, 1.165) is 18.2 Å². The van der Waals surface area contributed by atoms with E-state index in [9.17, 15) is 18.4 Å². The van der Waals surface area contributed by atoms with Crippen LogP contribution in [0, 0.1) is 11.6 Å². The number of ether oxygens (including phenoxy) is 3. The molecule has 0 amide bonds. The van der Waals surface area contributed by atoms with Gasteiger partial charge in [0.2, 0.25) is 0 Å². The van der Waals surface area contributed by atoms with Crippen LogP contribution in [0.2, 0.25) is 25.7 Å². The molecule has 0 N–H and O–H groups in total. The zero-order valence-electron chi connectivity index (χ0n) is 15.9. The molecule has 0 aliphatic rings. The van der Waals surface area contributed by atoms with Gasteiger partial charge in [-0.25, -0.2) is 18.4 Å².